The zero-order chi connectivity index (χ0) is 20.6. The summed E-state index contributed by atoms with van der Waals surface area (Å²) in [6.45, 7) is 3.21. The summed E-state index contributed by atoms with van der Waals surface area (Å²) in [7, 11) is 0. The Balaban J connectivity index is 1.47. The Labute approximate surface area is 171 Å². The molecule has 29 heavy (non-hydrogen) atoms. The van der Waals surface area contributed by atoms with Gasteiger partial charge in [-0.2, -0.15) is 5.26 Å². The SMILES string of the molecule is CCCc1cc(C#N)ccc1OCCCOc1ccc2c(c1)CC[C@H]2CC(=O)O. The number of ether oxygens (including phenoxy) is 2. The lowest BCUT2D eigenvalue weighted by Gasteiger charge is -2.13. The maximum absolute atomic E-state index is 11.0. The van der Waals surface area contributed by atoms with E-state index in [4.69, 9.17) is 19.8 Å². The molecule has 3 rings (SSSR count). The van der Waals surface area contributed by atoms with Crippen molar-refractivity contribution in [1.29, 1.82) is 5.26 Å². The van der Waals surface area contributed by atoms with Crippen LogP contribution in [0.2, 0.25) is 0 Å². The van der Waals surface area contributed by atoms with Gasteiger partial charge in [0.05, 0.1) is 31.3 Å². The highest BCUT2D eigenvalue weighted by Crippen LogP contribution is 2.37. The Morgan fingerprint density at radius 1 is 1.21 bits per heavy atom. The van der Waals surface area contributed by atoms with Gasteiger partial charge in [0.15, 0.2) is 0 Å². The molecule has 0 bridgehead atoms. The molecule has 1 aliphatic rings. The first-order valence-corrected chi connectivity index (χ1v) is 10.2. The highest BCUT2D eigenvalue weighted by atomic mass is 16.5. The number of benzene rings is 2. The van der Waals surface area contributed by atoms with Gasteiger partial charge in [0.1, 0.15) is 11.5 Å². The second kappa shape index (κ2) is 9.97. The molecule has 0 fully saturated rings. The van der Waals surface area contributed by atoms with Crippen LogP contribution < -0.4 is 9.47 Å². The maximum atomic E-state index is 11.0. The zero-order valence-corrected chi connectivity index (χ0v) is 16.8. The van der Waals surface area contributed by atoms with E-state index in [9.17, 15) is 4.79 Å². The molecule has 0 saturated heterocycles. The summed E-state index contributed by atoms with van der Waals surface area (Å²) in [5.41, 5.74) is 4.08. The number of hydrogen-bond donors (Lipinski definition) is 1. The quantitative estimate of drug-likeness (QED) is 0.583. The summed E-state index contributed by atoms with van der Waals surface area (Å²) >= 11 is 0. The predicted octanol–water partition coefficient (Wildman–Crippen LogP) is 4.86. The molecule has 0 aliphatic heterocycles. The Kier molecular flexibility index (Phi) is 7.13. The van der Waals surface area contributed by atoms with Crippen LogP contribution in [-0.2, 0) is 17.6 Å². The van der Waals surface area contributed by atoms with E-state index in [0.717, 1.165) is 54.7 Å². The largest absolute Gasteiger partial charge is 0.493 e. The van der Waals surface area contributed by atoms with Crippen molar-refractivity contribution in [2.75, 3.05) is 13.2 Å². The van der Waals surface area contributed by atoms with E-state index in [-0.39, 0.29) is 12.3 Å². The molecular formula is C24H27NO4. The lowest BCUT2D eigenvalue weighted by Crippen LogP contribution is -2.07. The van der Waals surface area contributed by atoms with Gasteiger partial charge in [-0.15, -0.1) is 0 Å². The van der Waals surface area contributed by atoms with Crippen molar-refractivity contribution in [3.8, 4) is 17.6 Å². The van der Waals surface area contributed by atoms with Crippen LogP contribution in [0.1, 0.15) is 60.8 Å². The molecule has 0 spiro atoms. The number of nitriles is 1. The van der Waals surface area contributed by atoms with E-state index in [0.29, 0.717) is 18.8 Å². The van der Waals surface area contributed by atoms with Gasteiger partial charge >= 0.3 is 5.97 Å². The average Bonchev–Trinajstić information content (AvgIpc) is 3.10. The van der Waals surface area contributed by atoms with E-state index in [1.54, 1.807) is 6.07 Å². The lowest BCUT2D eigenvalue weighted by atomic mass is 9.98. The fraction of sp³-hybridized carbons (Fsp3) is 0.417. The molecular weight excluding hydrogens is 366 g/mol. The molecule has 2 aromatic carbocycles. The van der Waals surface area contributed by atoms with Crippen molar-refractivity contribution < 1.29 is 19.4 Å². The highest BCUT2D eigenvalue weighted by Gasteiger charge is 2.24. The third kappa shape index (κ3) is 5.51. The van der Waals surface area contributed by atoms with E-state index < -0.39 is 5.97 Å². The molecule has 0 saturated carbocycles. The maximum Gasteiger partial charge on any atom is 0.303 e. The minimum atomic E-state index is -0.743. The summed E-state index contributed by atoms with van der Waals surface area (Å²) in [6.07, 6.45) is 4.64. The Morgan fingerprint density at radius 2 is 2.03 bits per heavy atom. The molecule has 152 valence electrons. The standard InChI is InChI=1S/C24H27NO4/c1-2-4-20-13-17(16-25)5-10-23(20)29-12-3-11-28-21-8-9-22-18(14-21)6-7-19(22)15-24(26)27/h5,8-10,13-14,19H,2-4,6-7,11-12,15H2,1H3,(H,26,27)/t19-/m0/s1. The lowest BCUT2D eigenvalue weighted by molar-refractivity contribution is -0.137. The number of hydrogen-bond acceptors (Lipinski definition) is 4. The molecule has 1 N–H and O–H groups in total. The molecule has 1 aliphatic carbocycles. The second-order valence-electron chi connectivity index (χ2n) is 7.43. The van der Waals surface area contributed by atoms with Crippen LogP contribution in [0.5, 0.6) is 11.5 Å². The summed E-state index contributed by atoms with van der Waals surface area (Å²) in [6, 6.07) is 13.7. The summed E-state index contributed by atoms with van der Waals surface area (Å²) in [5, 5.41) is 18.1. The molecule has 0 heterocycles. The first kappa shape index (κ1) is 20.7. The molecule has 0 amide bonds. The van der Waals surface area contributed by atoms with Crippen LogP contribution in [0.3, 0.4) is 0 Å². The number of rotatable bonds is 10. The van der Waals surface area contributed by atoms with Gasteiger partial charge in [0, 0.05) is 6.42 Å². The van der Waals surface area contributed by atoms with E-state index >= 15 is 0 Å². The Hall–Kier alpha value is -3.00. The fourth-order valence-electron chi connectivity index (χ4n) is 3.88. The molecule has 2 aromatic rings. The van der Waals surface area contributed by atoms with Gasteiger partial charge in [-0.05, 0) is 72.2 Å². The molecule has 0 radical (unpaired) electrons. The van der Waals surface area contributed by atoms with Gasteiger partial charge < -0.3 is 14.6 Å². The smallest absolute Gasteiger partial charge is 0.303 e. The number of carbonyl (C=O) groups is 1. The molecule has 5 nitrogen and oxygen atoms in total. The topological polar surface area (TPSA) is 79.5 Å². The number of fused-ring (bicyclic) bond motifs is 1. The van der Waals surface area contributed by atoms with Crippen molar-refractivity contribution in [2.45, 2.75) is 51.4 Å². The van der Waals surface area contributed by atoms with Crippen molar-refractivity contribution in [2.24, 2.45) is 0 Å². The first-order valence-electron chi connectivity index (χ1n) is 10.2. The number of aliphatic carboxylic acids is 1. The van der Waals surface area contributed by atoms with Crippen molar-refractivity contribution in [1.82, 2.24) is 0 Å². The van der Waals surface area contributed by atoms with E-state index in [2.05, 4.69) is 13.0 Å². The van der Waals surface area contributed by atoms with Crippen LogP contribution in [-0.4, -0.2) is 24.3 Å². The van der Waals surface area contributed by atoms with Crippen molar-refractivity contribution in [3.63, 3.8) is 0 Å². The Morgan fingerprint density at radius 3 is 2.79 bits per heavy atom. The van der Waals surface area contributed by atoms with Crippen LogP contribution in [0, 0.1) is 11.3 Å². The first-order chi connectivity index (χ1) is 14.1. The van der Waals surface area contributed by atoms with Crippen molar-refractivity contribution in [3.05, 3.63) is 58.7 Å². The van der Waals surface area contributed by atoms with E-state index in [1.165, 1.54) is 5.56 Å². The van der Waals surface area contributed by atoms with Gasteiger partial charge in [0.25, 0.3) is 0 Å². The number of carboxylic acids is 1. The predicted molar refractivity (Wildman–Crippen MR) is 111 cm³/mol. The summed E-state index contributed by atoms with van der Waals surface area (Å²) in [5.74, 6) is 1.04. The van der Waals surface area contributed by atoms with E-state index in [1.807, 2.05) is 30.3 Å². The molecule has 0 unspecified atom stereocenters. The molecule has 5 heteroatoms. The third-order valence-electron chi connectivity index (χ3n) is 5.26. The summed E-state index contributed by atoms with van der Waals surface area (Å²) < 4.78 is 11.8. The van der Waals surface area contributed by atoms with Gasteiger partial charge in [-0.3, -0.25) is 4.79 Å². The molecule has 1 atom stereocenters. The fourth-order valence-corrected chi connectivity index (χ4v) is 3.88. The van der Waals surface area contributed by atoms with Crippen LogP contribution in [0.25, 0.3) is 0 Å². The summed E-state index contributed by atoms with van der Waals surface area (Å²) in [4.78, 5) is 11.0. The third-order valence-corrected chi connectivity index (χ3v) is 5.26. The monoisotopic (exact) mass is 393 g/mol. The second-order valence-corrected chi connectivity index (χ2v) is 7.43. The Bertz CT molecular complexity index is 900. The highest BCUT2D eigenvalue weighted by molar-refractivity contribution is 5.68. The minimum absolute atomic E-state index is 0.120. The van der Waals surface area contributed by atoms with Gasteiger partial charge in [-0.25, -0.2) is 0 Å². The zero-order valence-electron chi connectivity index (χ0n) is 16.8. The van der Waals surface area contributed by atoms with Gasteiger partial charge in [0.2, 0.25) is 0 Å². The van der Waals surface area contributed by atoms with Crippen molar-refractivity contribution >= 4 is 5.97 Å². The van der Waals surface area contributed by atoms with Crippen LogP contribution in [0.4, 0.5) is 0 Å². The average molecular weight is 393 g/mol. The molecule has 0 aromatic heterocycles. The minimum Gasteiger partial charge on any atom is -0.493 e. The van der Waals surface area contributed by atoms with Gasteiger partial charge in [-0.1, -0.05) is 19.4 Å². The number of nitrogens with zero attached hydrogens (tertiary/aromatic N) is 1. The number of aryl methyl sites for hydroxylation is 2. The normalized spacial score (nSPS) is 14.8. The van der Waals surface area contributed by atoms with Crippen LogP contribution in [0.15, 0.2) is 36.4 Å². The number of carboxylic acid groups (broad SMARTS) is 1. The van der Waals surface area contributed by atoms with Crippen LogP contribution >= 0.6 is 0 Å².